The lowest BCUT2D eigenvalue weighted by Crippen LogP contribution is -2.44. The Hall–Kier alpha value is -0.390. The number of likely N-dealkylation sites (tertiary alicyclic amines) is 1. The maximum absolute atomic E-state index is 12.0. The molecule has 1 N–H and O–H groups in total. The third kappa shape index (κ3) is 4.58. The van der Waals surface area contributed by atoms with Gasteiger partial charge in [-0.3, -0.25) is 4.79 Å². The molecule has 0 bridgehead atoms. The van der Waals surface area contributed by atoms with Crippen LogP contribution in [0.4, 0.5) is 0 Å². The molecule has 5 heteroatoms. The fourth-order valence-electron chi connectivity index (χ4n) is 2.38. The summed E-state index contributed by atoms with van der Waals surface area (Å²) in [5.74, 6) is 0.0720. The van der Waals surface area contributed by atoms with Crippen molar-refractivity contribution in [3.8, 4) is 0 Å². The van der Waals surface area contributed by atoms with E-state index in [2.05, 4.69) is 33.1 Å². The molecule has 1 aliphatic heterocycles. The van der Waals surface area contributed by atoms with Crippen molar-refractivity contribution in [2.24, 2.45) is 0 Å². The van der Waals surface area contributed by atoms with Gasteiger partial charge in [-0.1, -0.05) is 13.3 Å². The van der Waals surface area contributed by atoms with E-state index in [-0.39, 0.29) is 5.91 Å². The lowest BCUT2D eigenvalue weighted by molar-refractivity contribution is 0.0915. The number of carbonyl (C=O) groups excluding carboxylic acids is 1. The molecular weight excluding hydrogens is 324 g/mol. The van der Waals surface area contributed by atoms with Gasteiger partial charge in [0.05, 0.1) is 8.66 Å². The maximum atomic E-state index is 12.0. The first-order chi connectivity index (χ1) is 9.19. The first kappa shape index (κ1) is 15.0. The average Bonchev–Trinajstić information content (AvgIpc) is 2.85. The van der Waals surface area contributed by atoms with Gasteiger partial charge in [-0.05, 0) is 53.9 Å². The molecule has 1 fully saturated rings. The van der Waals surface area contributed by atoms with Crippen molar-refractivity contribution in [1.29, 1.82) is 0 Å². The number of hydrogen-bond donors (Lipinski definition) is 1. The van der Waals surface area contributed by atoms with Gasteiger partial charge < -0.3 is 10.2 Å². The summed E-state index contributed by atoms with van der Waals surface area (Å²) in [6.45, 7) is 5.65. The van der Waals surface area contributed by atoms with Gasteiger partial charge in [-0.25, -0.2) is 0 Å². The molecule has 1 amide bonds. The Bertz CT molecular complexity index is 413. The Kier molecular flexibility index (Phi) is 5.85. The Morgan fingerprint density at radius 3 is 2.79 bits per heavy atom. The van der Waals surface area contributed by atoms with Crippen LogP contribution in [-0.4, -0.2) is 36.5 Å². The van der Waals surface area contributed by atoms with Gasteiger partial charge in [-0.15, -0.1) is 11.3 Å². The van der Waals surface area contributed by atoms with Crippen LogP contribution in [0.1, 0.15) is 42.3 Å². The summed E-state index contributed by atoms with van der Waals surface area (Å²) in [7, 11) is 0. The molecule has 1 aromatic rings. The van der Waals surface area contributed by atoms with Crippen LogP contribution in [-0.2, 0) is 0 Å². The molecule has 0 atom stereocenters. The summed E-state index contributed by atoms with van der Waals surface area (Å²) in [4.78, 5) is 15.3. The molecule has 1 aromatic heterocycles. The second-order valence-corrected chi connectivity index (χ2v) is 7.51. The summed E-state index contributed by atoms with van der Waals surface area (Å²) >= 11 is 4.88. The topological polar surface area (TPSA) is 32.3 Å². The number of nitrogens with one attached hydrogen (secondary N) is 1. The molecule has 0 spiro atoms. The highest BCUT2D eigenvalue weighted by Gasteiger charge is 2.21. The van der Waals surface area contributed by atoms with Crippen molar-refractivity contribution in [3.05, 3.63) is 20.8 Å². The Labute approximate surface area is 127 Å². The molecule has 0 radical (unpaired) electrons. The molecule has 0 saturated carbocycles. The van der Waals surface area contributed by atoms with Gasteiger partial charge in [0.2, 0.25) is 0 Å². The molecule has 2 rings (SSSR count). The monoisotopic (exact) mass is 344 g/mol. The molecule has 0 aliphatic carbocycles. The van der Waals surface area contributed by atoms with Gasteiger partial charge in [0.25, 0.3) is 5.91 Å². The van der Waals surface area contributed by atoms with Crippen LogP contribution in [0.5, 0.6) is 0 Å². The van der Waals surface area contributed by atoms with Crippen molar-refractivity contribution in [2.75, 3.05) is 19.6 Å². The number of unbranched alkanes of at least 4 members (excludes halogenated alkanes) is 1. The van der Waals surface area contributed by atoms with Crippen LogP contribution in [0.3, 0.4) is 0 Å². The van der Waals surface area contributed by atoms with E-state index in [1.807, 2.05) is 12.1 Å². The third-order valence-electron chi connectivity index (χ3n) is 3.55. The van der Waals surface area contributed by atoms with Crippen LogP contribution >= 0.6 is 27.3 Å². The molecule has 2 heterocycles. The highest BCUT2D eigenvalue weighted by Crippen LogP contribution is 2.22. The van der Waals surface area contributed by atoms with Gasteiger partial charge in [-0.2, -0.15) is 0 Å². The Morgan fingerprint density at radius 1 is 1.47 bits per heavy atom. The average molecular weight is 345 g/mol. The van der Waals surface area contributed by atoms with Crippen LogP contribution in [0, 0.1) is 0 Å². The lowest BCUT2D eigenvalue weighted by Gasteiger charge is -2.32. The van der Waals surface area contributed by atoms with E-state index < -0.39 is 0 Å². The minimum absolute atomic E-state index is 0.0720. The molecule has 0 unspecified atom stereocenters. The summed E-state index contributed by atoms with van der Waals surface area (Å²) in [5.41, 5.74) is 0. The van der Waals surface area contributed by atoms with Crippen molar-refractivity contribution in [1.82, 2.24) is 10.2 Å². The number of nitrogens with zero attached hydrogens (tertiary/aromatic N) is 1. The molecule has 1 saturated heterocycles. The standard InChI is InChI=1S/C14H21BrN2OS/c1-2-3-8-17-9-6-11(7-10-17)16-14(18)12-4-5-13(15)19-12/h4-5,11H,2-3,6-10H2,1H3,(H,16,18). The minimum atomic E-state index is 0.0720. The summed E-state index contributed by atoms with van der Waals surface area (Å²) in [6, 6.07) is 4.14. The van der Waals surface area contributed by atoms with E-state index >= 15 is 0 Å². The molecule has 1 aliphatic rings. The Balaban J connectivity index is 1.75. The highest BCUT2D eigenvalue weighted by molar-refractivity contribution is 9.11. The number of hydrogen-bond acceptors (Lipinski definition) is 3. The SMILES string of the molecule is CCCCN1CCC(NC(=O)c2ccc(Br)s2)CC1. The summed E-state index contributed by atoms with van der Waals surface area (Å²) < 4.78 is 1.01. The minimum Gasteiger partial charge on any atom is -0.349 e. The fourth-order valence-corrected chi connectivity index (χ4v) is 3.66. The summed E-state index contributed by atoms with van der Waals surface area (Å²) in [5, 5.41) is 3.15. The number of amides is 1. The Morgan fingerprint density at radius 2 is 2.21 bits per heavy atom. The molecule has 106 valence electrons. The highest BCUT2D eigenvalue weighted by atomic mass is 79.9. The zero-order valence-corrected chi connectivity index (χ0v) is 13.7. The molecular formula is C14H21BrN2OS. The van der Waals surface area contributed by atoms with Crippen LogP contribution in [0.15, 0.2) is 15.9 Å². The number of thiophene rings is 1. The summed E-state index contributed by atoms with van der Waals surface area (Å²) in [6.07, 6.45) is 4.67. The quantitative estimate of drug-likeness (QED) is 0.886. The predicted molar refractivity (Wildman–Crippen MR) is 83.9 cm³/mol. The second-order valence-electron chi connectivity index (χ2n) is 5.05. The number of rotatable bonds is 5. The van der Waals surface area contributed by atoms with E-state index in [1.54, 1.807) is 0 Å². The molecule has 19 heavy (non-hydrogen) atoms. The van der Waals surface area contributed by atoms with Crippen molar-refractivity contribution in [2.45, 2.75) is 38.6 Å². The fraction of sp³-hybridized carbons (Fsp3) is 0.643. The number of piperidine rings is 1. The van der Waals surface area contributed by atoms with Gasteiger partial charge in [0.15, 0.2) is 0 Å². The first-order valence-electron chi connectivity index (χ1n) is 6.97. The van der Waals surface area contributed by atoms with Gasteiger partial charge in [0.1, 0.15) is 0 Å². The van der Waals surface area contributed by atoms with Crippen LogP contribution in [0.2, 0.25) is 0 Å². The normalized spacial score (nSPS) is 17.6. The van der Waals surface area contributed by atoms with Crippen LogP contribution < -0.4 is 5.32 Å². The zero-order valence-electron chi connectivity index (χ0n) is 11.3. The molecule has 0 aromatic carbocycles. The van der Waals surface area contributed by atoms with E-state index in [0.717, 1.165) is 34.6 Å². The predicted octanol–water partition coefficient (Wildman–Crippen LogP) is 3.50. The van der Waals surface area contributed by atoms with E-state index in [0.29, 0.717) is 6.04 Å². The van der Waals surface area contributed by atoms with E-state index in [4.69, 9.17) is 0 Å². The first-order valence-corrected chi connectivity index (χ1v) is 8.58. The maximum Gasteiger partial charge on any atom is 0.261 e. The number of halogens is 1. The lowest BCUT2D eigenvalue weighted by atomic mass is 10.0. The van der Waals surface area contributed by atoms with E-state index in [1.165, 1.54) is 30.7 Å². The van der Waals surface area contributed by atoms with E-state index in [9.17, 15) is 4.79 Å². The van der Waals surface area contributed by atoms with Crippen molar-refractivity contribution in [3.63, 3.8) is 0 Å². The van der Waals surface area contributed by atoms with Crippen molar-refractivity contribution < 1.29 is 4.79 Å². The van der Waals surface area contributed by atoms with Crippen LogP contribution in [0.25, 0.3) is 0 Å². The smallest absolute Gasteiger partial charge is 0.261 e. The zero-order chi connectivity index (χ0) is 13.7. The largest absolute Gasteiger partial charge is 0.349 e. The van der Waals surface area contributed by atoms with Crippen molar-refractivity contribution >= 4 is 33.2 Å². The van der Waals surface area contributed by atoms with Gasteiger partial charge in [0, 0.05) is 19.1 Å². The second kappa shape index (κ2) is 7.41. The third-order valence-corrected chi connectivity index (χ3v) is 5.17. The van der Waals surface area contributed by atoms with Gasteiger partial charge >= 0.3 is 0 Å². The molecule has 3 nitrogen and oxygen atoms in total. The number of carbonyl (C=O) groups is 1.